The Labute approximate surface area is 110 Å². The summed E-state index contributed by atoms with van der Waals surface area (Å²) in [5, 5.41) is 0.244. The molecule has 0 saturated heterocycles. The molecule has 0 aliphatic rings. The predicted octanol–water partition coefficient (Wildman–Crippen LogP) is 1.66. The van der Waals surface area contributed by atoms with E-state index in [0.29, 0.717) is 17.6 Å². The zero-order valence-corrected chi connectivity index (χ0v) is 10.9. The number of ether oxygens (including phenoxy) is 2. The van der Waals surface area contributed by atoms with Crippen molar-refractivity contribution in [3.63, 3.8) is 0 Å². The van der Waals surface area contributed by atoms with Gasteiger partial charge in [-0.1, -0.05) is 18.5 Å². The van der Waals surface area contributed by atoms with Crippen LogP contribution in [0.15, 0.2) is 12.1 Å². The molecule has 6 heteroatoms. The third kappa shape index (κ3) is 3.37. The molecule has 0 aliphatic heterocycles. The highest BCUT2D eigenvalue weighted by atomic mass is 35.5. The summed E-state index contributed by atoms with van der Waals surface area (Å²) in [5.41, 5.74) is 5.51. The van der Waals surface area contributed by atoms with Gasteiger partial charge in [0.05, 0.1) is 24.7 Å². The maximum Gasteiger partial charge on any atom is 0.223 e. The Hall–Kier alpha value is -1.75. The highest BCUT2D eigenvalue weighted by Gasteiger charge is 2.15. The Kier molecular flexibility index (Phi) is 4.97. The Morgan fingerprint density at radius 3 is 2.72 bits per heavy atom. The number of halogens is 1. The van der Waals surface area contributed by atoms with E-state index in [0.717, 1.165) is 0 Å². The number of hydrogen-bond donors (Lipinski definition) is 1. The van der Waals surface area contributed by atoms with Crippen LogP contribution < -0.4 is 15.2 Å². The number of nitrogens with two attached hydrogens (primary N) is 1. The monoisotopic (exact) mass is 271 g/mol. The van der Waals surface area contributed by atoms with Crippen LogP contribution in [-0.4, -0.2) is 25.9 Å². The largest absolute Gasteiger partial charge is 0.493 e. The van der Waals surface area contributed by atoms with E-state index in [9.17, 15) is 9.59 Å². The topological polar surface area (TPSA) is 78.6 Å². The quantitative estimate of drug-likeness (QED) is 0.798. The van der Waals surface area contributed by atoms with Gasteiger partial charge in [0, 0.05) is 5.56 Å². The van der Waals surface area contributed by atoms with Crippen molar-refractivity contribution in [1.29, 1.82) is 0 Å². The number of aldehydes is 1. The first-order valence-electron chi connectivity index (χ1n) is 5.24. The molecule has 0 radical (unpaired) electrons. The zero-order valence-electron chi connectivity index (χ0n) is 10.1. The molecule has 2 N–H and O–H groups in total. The van der Waals surface area contributed by atoms with Gasteiger partial charge in [-0.25, -0.2) is 0 Å². The second-order valence-electron chi connectivity index (χ2n) is 3.77. The van der Waals surface area contributed by atoms with Gasteiger partial charge in [0.2, 0.25) is 5.91 Å². The lowest BCUT2D eigenvalue weighted by atomic mass is 10.2. The second kappa shape index (κ2) is 6.26. The molecule has 0 fully saturated rings. The molecule has 18 heavy (non-hydrogen) atoms. The molecule has 1 amide bonds. The molecule has 0 bridgehead atoms. The van der Waals surface area contributed by atoms with Crippen LogP contribution in [0.1, 0.15) is 17.3 Å². The second-order valence-corrected chi connectivity index (χ2v) is 4.17. The van der Waals surface area contributed by atoms with Gasteiger partial charge in [0.1, 0.15) is 6.29 Å². The van der Waals surface area contributed by atoms with Crippen LogP contribution in [0.4, 0.5) is 0 Å². The van der Waals surface area contributed by atoms with Gasteiger partial charge in [0.25, 0.3) is 0 Å². The van der Waals surface area contributed by atoms with E-state index in [2.05, 4.69) is 0 Å². The molecule has 0 aromatic heterocycles. The van der Waals surface area contributed by atoms with Crippen molar-refractivity contribution < 1.29 is 19.1 Å². The average Bonchev–Trinajstić information content (AvgIpc) is 2.35. The highest BCUT2D eigenvalue weighted by molar-refractivity contribution is 6.32. The molecular formula is C12H14ClNO4. The SMILES string of the molecule is COc1cc(C=O)cc(Cl)c1OCC(C)C(N)=O. The van der Waals surface area contributed by atoms with E-state index in [1.165, 1.54) is 19.2 Å². The van der Waals surface area contributed by atoms with Gasteiger partial charge in [-0.3, -0.25) is 9.59 Å². The van der Waals surface area contributed by atoms with E-state index in [4.69, 9.17) is 26.8 Å². The number of methoxy groups -OCH3 is 1. The fraction of sp³-hybridized carbons (Fsp3) is 0.333. The number of rotatable bonds is 6. The summed E-state index contributed by atoms with van der Waals surface area (Å²) in [4.78, 5) is 21.6. The van der Waals surface area contributed by atoms with Crippen LogP contribution in [0.25, 0.3) is 0 Å². The fourth-order valence-corrected chi connectivity index (χ4v) is 1.51. The van der Waals surface area contributed by atoms with Gasteiger partial charge in [-0.15, -0.1) is 0 Å². The van der Waals surface area contributed by atoms with E-state index >= 15 is 0 Å². The molecule has 0 aliphatic carbocycles. The van der Waals surface area contributed by atoms with Crippen LogP contribution in [-0.2, 0) is 4.79 Å². The van der Waals surface area contributed by atoms with Gasteiger partial charge in [0.15, 0.2) is 11.5 Å². The van der Waals surface area contributed by atoms with Crippen LogP contribution >= 0.6 is 11.6 Å². The van der Waals surface area contributed by atoms with Gasteiger partial charge >= 0.3 is 0 Å². The summed E-state index contributed by atoms with van der Waals surface area (Å²) in [6.07, 6.45) is 0.657. The van der Waals surface area contributed by atoms with Gasteiger partial charge in [-0.2, -0.15) is 0 Å². The van der Waals surface area contributed by atoms with Gasteiger partial charge in [-0.05, 0) is 12.1 Å². The Balaban J connectivity index is 2.94. The molecule has 0 heterocycles. The zero-order chi connectivity index (χ0) is 13.7. The molecule has 1 aromatic carbocycles. The first kappa shape index (κ1) is 14.3. The van der Waals surface area contributed by atoms with Crippen molar-refractivity contribution >= 4 is 23.8 Å². The number of primary amides is 1. The molecule has 0 spiro atoms. The van der Waals surface area contributed by atoms with E-state index < -0.39 is 11.8 Å². The number of hydrogen-bond acceptors (Lipinski definition) is 4. The molecule has 5 nitrogen and oxygen atoms in total. The van der Waals surface area contributed by atoms with Crippen LogP contribution in [0, 0.1) is 5.92 Å². The van der Waals surface area contributed by atoms with Crippen LogP contribution in [0.2, 0.25) is 5.02 Å². The summed E-state index contributed by atoms with van der Waals surface area (Å²) in [6, 6.07) is 2.96. The molecule has 1 aromatic rings. The minimum absolute atomic E-state index is 0.0891. The summed E-state index contributed by atoms with van der Waals surface area (Å²) in [6.45, 7) is 1.73. The summed E-state index contributed by atoms with van der Waals surface area (Å²) < 4.78 is 10.5. The van der Waals surface area contributed by atoms with E-state index in [-0.39, 0.29) is 17.4 Å². The smallest absolute Gasteiger partial charge is 0.223 e. The van der Waals surface area contributed by atoms with Crippen LogP contribution in [0.5, 0.6) is 11.5 Å². The maximum atomic E-state index is 10.9. The predicted molar refractivity (Wildman–Crippen MR) is 67.2 cm³/mol. The van der Waals surface area contributed by atoms with Crippen molar-refractivity contribution in [3.05, 3.63) is 22.7 Å². The minimum Gasteiger partial charge on any atom is -0.493 e. The number of amides is 1. The Morgan fingerprint density at radius 1 is 1.56 bits per heavy atom. The summed E-state index contributed by atoms with van der Waals surface area (Å²) >= 11 is 5.98. The third-order valence-electron chi connectivity index (χ3n) is 2.35. The molecule has 98 valence electrons. The number of carbonyl (C=O) groups is 2. The molecule has 0 saturated carbocycles. The van der Waals surface area contributed by atoms with Crippen molar-refractivity contribution in [1.82, 2.24) is 0 Å². The number of carbonyl (C=O) groups excluding carboxylic acids is 2. The van der Waals surface area contributed by atoms with Crippen molar-refractivity contribution in [2.45, 2.75) is 6.92 Å². The summed E-state index contributed by atoms with van der Waals surface area (Å²) in [7, 11) is 1.44. The molecule has 1 rings (SSSR count). The molecule has 1 atom stereocenters. The lowest BCUT2D eigenvalue weighted by Gasteiger charge is -2.14. The number of benzene rings is 1. The first-order valence-corrected chi connectivity index (χ1v) is 5.62. The van der Waals surface area contributed by atoms with E-state index in [1.54, 1.807) is 6.92 Å². The third-order valence-corrected chi connectivity index (χ3v) is 2.63. The lowest BCUT2D eigenvalue weighted by Crippen LogP contribution is -2.25. The normalized spacial score (nSPS) is 11.7. The van der Waals surface area contributed by atoms with Crippen LogP contribution in [0.3, 0.4) is 0 Å². The molecule has 1 unspecified atom stereocenters. The Bertz CT molecular complexity index is 462. The Morgan fingerprint density at radius 2 is 2.22 bits per heavy atom. The van der Waals surface area contributed by atoms with Crippen molar-refractivity contribution in [2.75, 3.05) is 13.7 Å². The standard InChI is InChI=1S/C12H14ClNO4/c1-7(12(14)16)6-18-11-9(13)3-8(5-15)4-10(11)17-2/h3-5,7H,6H2,1-2H3,(H2,14,16). The van der Waals surface area contributed by atoms with E-state index in [1.807, 2.05) is 0 Å². The first-order chi connectivity index (χ1) is 8.49. The summed E-state index contributed by atoms with van der Waals surface area (Å²) in [5.74, 6) is -0.287. The average molecular weight is 272 g/mol. The fourth-order valence-electron chi connectivity index (χ4n) is 1.24. The van der Waals surface area contributed by atoms with Gasteiger partial charge < -0.3 is 15.2 Å². The highest BCUT2D eigenvalue weighted by Crippen LogP contribution is 2.36. The maximum absolute atomic E-state index is 10.9. The minimum atomic E-state index is -0.463. The van der Waals surface area contributed by atoms with Crippen molar-refractivity contribution in [2.24, 2.45) is 11.7 Å². The molecular weight excluding hydrogens is 258 g/mol. The lowest BCUT2D eigenvalue weighted by molar-refractivity contribution is -0.122. The van der Waals surface area contributed by atoms with Crippen molar-refractivity contribution in [3.8, 4) is 11.5 Å².